The van der Waals surface area contributed by atoms with E-state index in [1.165, 1.54) is 0 Å². The fourth-order valence-corrected chi connectivity index (χ4v) is 2.05. The molecule has 0 amide bonds. The van der Waals surface area contributed by atoms with Crippen molar-refractivity contribution in [1.82, 2.24) is 0 Å². The van der Waals surface area contributed by atoms with Crippen LogP contribution in [0.25, 0.3) is 0 Å². The van der Waals surface area contributed by atoms with Crippen LogP contribution in [0.15, 0.2) is 72.5 Å². The highest BCUT2D eigenvalue weighted by Gasteiger charge is 2.35. The Morgan fingerprint density at radius 2 is 1.35 bits per heavy atom. The van der Waals surface area contributed by atoms with Gasteiger partial charge in [0.15, 0.2) is 6.29 Å². The summed E-state index contributed by atoms with van der Waals surface area (Å²) in [6, 6.07) is 19.1. The molecule has 2 aromatic carbocycles. The average molecular weight is 266 g/mol. The van der Waals surface area contributed by atoms with E-state index in [-0.39, 0.29) is 0 Å². The smallest absolute Gasteiger partial charge is 0.213 e. The minimum absolute atomic E-state index is 0.818. The quantitative estimate of drug-likeness (QED) is 0.602. The highest BCUT2D eigenvalue weighted by atomic mass is 16.5. The van der Waals surface area contributed by atoms with Crippen molar-refractivity contribution >= 4 is 6.29 Å². The Balaban J connectivity index is 2.58. The Bertz CT molecular complexity index is 542. The lowest BCUT2D eigenvalue weighted by atomic mass is 9.87. The molecule has 0 fully saturated rings. The molecule has 2 aromatic rings. The van der Waals surface area contributed by atoms with E-state index in [9.17, 15) is 4.79 Å². The third-order valence-corrected chi connectivity index (χ3v) is 3.05. The maximum absolute atomic E-state index is 11.9. The first-order valence-electron chi connectivity index (χ1n) is 6.57. The van der Waals surface area contributed by atoms with Gasteiger partial charge in [-0.2, -0.15) is 0 Å². The molecule has 0 N–H and O–H groups in total. The standard InChI is InChI=1S/C18H18O2/c1-15(2)13-20-18(14-19,16-9-5-3-6-10-16)17-11-7-4-8-12-17/h3-14H,1-2H3. The molecule has 0 bridgehead atoms. The summed E-state index contributed by atoms with van der Waals surface area (Å²) < 4.78 is 5.88. The molecule has 0 saturated carbocycles. The van der Waals surface area contributed by atoms with Gasteiger partial charge < -0.3 is 4.74 Å². The Morgan fingerprint density at radius 3 is 1.70 bits per heavy atom. The van der Waals surface area contributed by atoms with E-state index in [2.05, 4.69) is 0 Å². The molecule has 2 heteroatoms. The van der Waals surface area contributed by atoms with Crippen molar-refractivity contribution in [3.63, 3.8) is 0 Å². The predicted molar refractivity (Wildman–Crippen MR) is 80.2 cm³/mol. The molecule has 0 saturated heterocycles. The number of benzene rings is 2. The van der Waals surface area contributed by atoms with Crippen LogP contribution >= 0.6 is 0 Å². The molecule has 0 aliphatic carbocycles. The fourth-order valence-electron chi connectivity index (χ4n) is 2.05. The Labute approximate surface area is 119 Å². The van der Waals surface area contributed by atoms with Crippen molar-refractivity contribution in [1.29, 1.82) is 0 Å². The molecule has 0 atom stereocenters. The number of aldehydes is 1. The molecule has 0 aliphatic rings. The van der Waals surface area contributed by atoms with Gasteiger partial charge in [-0.25, -0.2) is 0 Å². The second-order valence-corrected chi connectivity index (χ2v) is 4.90. The number of ether oxygens (including phenoxy) is 1. The van der Waals surface area contributed by atoms with E-state index in [4.69, 9.17) is 4.74 Å². The first-order chi connectivity index (χ1) is 9.69. The van der Waals surface area contributed by atoms with Crippen LogP contribution in [0.5, 0.6) is 0 Å². The lowest BCUT2D eigenvalue weighted by molar-refractivity contribution is -0.121. The fraction of sp³-hybridized carbons (Fsp3) is 0.167. The lowest BCUT2D eigenvalue weighted by Crippen LogP contribution is -2.31. The largest absolute Gasteiger partial charge is 0.478 e. The highest BCUT2D eigenvalue weighted by Crippen LogP contribution is 2.32. The van der Waals surface area contributed by atoms with Crippen LogP contribution in [0, 0.1) is 0 Å². The van der Waals surface area contributed by atoms with Crippen molar-refractivity contribution in [3.8, 4) is 0 Å². The monoisotopic (exact) mass is 266 g/mol. The lowest BCUT2D eigenvalue weighted by Gasteiger charge is -2.28. The molecule has 0 unspecified atom stereocenters. The maximum atomic E-state index is 11.9. The molecule has 0 aliphatic heterocycles. The average Bonchev–Trinajstić information content (AvgIpc) is 2.50. The van der Waals surface area contributed by atoms with Crippen LogP contribution in [0.1, 0.15) is 25.0 Å². The van der Waals surface area contributed by atoms with Crippen LogP contribution in [0.2, 0.25) is 0 Å². The van der Waals surface area contributed by atoms with E-state index >= 15 is 0 Å². The summed E-state index contributed by atoms with van der Waals surface area (Å²) in [6.45, 7) is 3.87. The Hall–Kier alpha value is -2.35. The zero-order chi connectivity index (χ0) is 14.4. The zero-order valence-electron chi connectivity index (χ0n) is 11.7. The summed E-state index contributed by atoms with van der Waals surface area (Å²) in [5.74, 6) is 0. The van der Waals surface area contributed by atoms with Gasteiger partial charge in [-0.3, -0.25) is 4.79 Å². The number of hydrogen-bond acceptors (Lipinski definition) is 2. The number of carbonyl (C=O) groups excluding carboxylic acids is 1. The van der Waals surface area contributed by atoms with Crippen LogP contribution in [0.3, 0.4) is 0 Å². The van der Waals surface area contributed by atoms with Crippen molar-refractivity contribution < 1.29 is 9.53 Å². The van der Waals surface area contributed by atoms with Gasteiger partial charge in [0.2, 0.25) is 5.60 Å². The second kappa shape index (κ2) is 6.20. The van der Waals surface area contributed by atoms with Gasteiger partial charge in [-0.05, 0) is 19.4 Å². The van der Waals surface area contributed by atoms with Gasteiger partial charge in [-0.1, -0.05) is 60.7 Å². The summed E-state index contributed by atoms with van der Waals surface area (Å²) in [5.41, 5.74) is 1.54. The van der Waals surface area contributed by atoms with Gasteiger partial charge in [0, 0.05) is 11.1 Å². The minimum Gasteiger partial charge on any atom is -0.478 e. The summed E-state index contributed by atoms with van der Waals surface area (Å²) in [7, 11) is 0. The third kappa shape index (κ3) is 2.80. The van der Waals surface area contributed by atoms with Crippen LogP contribution in [0.4, 0.5) is 0 Å². The summed E-state index contributed by atoms with van der Waals surface area (Å²) in [4.78, 5) is 11.9. The minimum atomic E-state index is -1.10. The SMILES string of the molecule is CC(C)=COC(C=O)(c1ccccc1)c1ccccc1. The van der Waals surface area contributed by atoms with Gasteiger partial charge in [0.25, 0.3) is 0 Å². The molecule has 2 rings (SSSR count). The number of rotatable bonds is 5. The number of carbonyl (C=O) groups is 1. The molecule has 2 nitrogen and oxygen atoms in total. The van der Waals surface area contributed by atoms with Crippen LogP contribution < -0.4 is 0 Å². The second-order valence-electron chi connectivity index (χ2n) is 4.90. The van der Waals surface area contributed by atoms with Crippen molar-refractivity contribution in [3.05, 3.63) is 83.6 Å². The van der Waals surface area contributed by atoms with E-state index in [1.807, 2.05) is 74.5 Å². The van der Waals surface area contributed by atoms with E-state index in [0.29, 0.717) is 0 Å². The maximum Gasteiger partial charge on any atom is 0.213 e. The molecular weight excluding hydrogens is 248 g/mol. The summed E-state index contributed by atoms with van der Waals surface area (Å²) in [5, 5.41) is 0. The van der Waals surface area contributed by atoms with Gasteiger partial charge >= 0.3 is 0 Å². The molecular formula is C18H18O2. The number of hydrogen-bond donors (Lipinski definition) is 0. The van der Waals surface area contributed by atoms with Crippen molar-refractivity contribution in [2.24, 2.45) is 0 Å². The molecule has 0 spiro atoms. The zero-order valence-corrected chi connectivity index (χ0v) is 11.7. The van der Waals surface area contributed by atoms with Gasteiger partial charge in [0.05, 0.1) is 6.26 Å². The predicted octanol–water partition coefficient (Wildman–Crippen LogP) is 4.07. The topological polar surface area (TPSA) is 26.3 Å². The van der Waals surface area contributed by atoms with Gasteiger partial charge in [-0.15, -0.1) is 0 Å². The summed E-state index contributed by atoms with van der Waals surface area (Å²) in [6.07, 6.45) is 2.49. The normalized spacial score (nSPS) is 10.7. The van der Waals surface area contributed by atoms with Crippen molar-refractivity contribution in [2.45, 2.75) is 19.4 Å². The van der Waals surface area contributed by atoms with Gasteiger partial charge in [0.1, 0.15) is 0 Å². The highest BCUT2D eigenvalue weighted by molar-refractivity contribution is 5.72. The Morgan fingerprint density at radius 1 is 0.900 bits per heavy atom. The van der Waals surface area contributed by atoms with E-state index < -0.39 is 5.60 Å². The Kier molecular flexibility index (Phi) is 4.36. The summed E-state index contributed by atoms with van der Waals surface area (Å²) >= 11 is 0. The third-order valence-electron chi connectivity index (χ3n) is 3.05. The molecule has 20 heavy (non-hydrogen) atoms. The van der Waals surface area contributed by atoms with Crippen LogP contribution in [-0.2, 0) is 15.1 Å². The first-order valence-corrected chi connectivity index (χ1v) is 6.57. The molecule has 0 aromatic heterocycles. The van der Waals surface area contributed by atoms with Crippen molar-refractivity contribution in [2.75, 3.05) is 0 Å². The molecule has 0 heterocycles. The first kappa shape index (κ1) is 14.1. The molecule has 102 valence electrons. The van der Waals surface area contributed by atoms with E-state index in [1.54, 1.807) is 6.26 Å². The van der Waals surface area contributed by atoms with E-state index in [0.717, 1.165) is 23.0 Å². The molecule has 0 radical (unpaired) electrons. The van der Waals surface area contributed by atoms with Crippen LogP contribution in [-0.4, -0.2) is 6.29 Å². The number of allylic oxidation sites excluding steroid dienone is 1.